The molecule has 0 aromatic carbocycles. The van der Waals surface area contributed by atoms with Crippen LogP contribution in [0.25, 0.3) is 0 Å². The molecule has 118 valence electrons. The summed E-state index contributed by atoms with van der Waals surface area (Å²) in [7, 11) is 1.50. The van der Waals surface area contributed by atoms with Crippen LogP contribution >= 0.6 is 0 Å². The Balaban J connectivity index is 2.12. The zero-order valence-electron chi connectivity index (χ0n) is 12.2. The summed E-state index contributed by atoms with van der Waals surface area (Å²) >= 11 is 0. The number of nitrogens with one attached hydrogen (secondary N) is 1. The Morgan fingerprint density at radius 2 is 2.14 bits per heavy atom. The zero-order chi connectivity index (χ0) is 16.1. The van der Waals surface area contributed by atoms with Crippen LogP contribution in [0.3, 0.4) is 0 Å². The predicted molar refractivity (Wildman–Crippen MR) is 75.5 cm³/mol. The Bertz CT molecular complexity index is 660. The van der Waals surface area contributed by atoms with E-state index in [0.717, 1.165) is 18.2 Å². The molecule has 2 aromatic rings. The fraction of sp³-hybridized carbons (Fsp3) is 0.357. The molecule has 0 unspecified atom stereocenters. The topological polar surface area (TPSA) is 108 Å². The zero-order valence-corrected chi connectivity index (χ0v) is 12.2. The molecule has 1 N–H and O–H groups in total. The number of hydrogen-bond donors (Lipinski definition) is 1. The van der Waals surface area contributed by atoms with E-state index in [4.69, 9.17) is 13.6 Å². The molecule has 2 aromatic heterocycles. The van der Waals surface area contributed by atoms with Gasteiger partial charge in [-0.25, -0.2) is 0 Å². The largest absolute Gasteiger partial charge is 0.464 e. The Hall–Kier alpha value is -2.61. The molecule has 0 aliphatic carbocycles. The first kappa shape index (κ1) is 15.8. The summed E-state index contributed by atoms with van der Waals surface area (Å²) in [6.45, 7) is 2.15. The summed E-state index contributed by atoms with van der Waals surface area (Å²) < 4.78 is 15.5. The minimum absolute atomic E-state index is 0.143. The van der Waals surface area contributed by atoms with Crippen molar-refractivity contribution in [3.63, 3.8) is 0 Å². The Kier molecular flexibility index (Phi) is 4.95. The lowest BCUT2D eigenvalue weighted by Crippen LogP contribution is -2.30. The highest BCUT2D eigenvalue weighted by Crippen LogP contribution is 2.20. The van der Waals surface area contributed by atoms with Gasteiger partial charge in [-0.2, -0.15) is 0 Å². The van der Waals surface area contributed by atoms with Crippen molar-refractivity contribution < 1.29 is 23.3 Å². The third-order valence-corrected chi connectivity index (χ3v) is 3.01. The van der Waals surface area contributed by atoms with Gasteiger partial charge in [-0.05, 0) is 18.2 Å². The van der Waals surface area contributed by atoms with Crippen LogP contribution in [0.4, 0.5) is 5.88 Å². The van der Waals surface area contributed by atoms with Crippen LogP contribution in [-0.2, 0) is 11.2 Å². The molecule has 8 nitrogen and oxygen atoms in total. The average molecular weight is 308 g/mol. The van der Waals surface area contributed by atoms with E-state index >= 15 is 0 Å². The molecule has 0 radical (unpaired) electrons. The second-order valence-electron chi connectivity index (χ2n) is 4.53. The highest BCUT2D eigenvalue weighted by molar-refractivity contribution is 5.91. The number of furan rings is 2. The van der Waals surface area contributed by atoms with E-state index in [0.29, 0.717) is 5.76 Å². The van der Waals surface area contributed by atoms with Gasteiger partial charge in [0, 0.05) is 13.5 Å². The highest BCUT2D eigenvalue weighted by atomic mass is 16.6. The standard InChI is InChI=1S/C14H16N2O6/c1-3-9-4-5-11(21-9)10(8-20-2)15-14(17)12-6-7-13(22-12)16(18)19/h4-7,10H,3,8H2,1-2H3,(H,15,17)/t10-/m1/s1. The lowest BCUT2D eigenvalue weighted by atomic mass is 10.2. The van der Waals surface area contributed by atoms with Gasteiger partial charge in [0.1, 0.15) is 22.5 Å². The van der Waals surface area contributed by atoms with E-state index in [9.17, 15) is 14.9 Å². The second kappa shape index (κ2) is 6.90. The molecule has 1 amide bonds. The maximum atomic E-state index is 12.1. The van der Waals surface area contributed by atoms with Crippen LogP contribution in [0.2, 0.25) is 0 Å². The van der Waals surface area contributed by atoms with Gasteiger partial charge >= 0.3 is 5.88 Å². The minimum Gasteiger partial charge on any atom is -0.464 e. The van der Waals surface area contributed by atoms with Crippen molar-refractivity contribution in [3.8, 4) is 0 Å². The van der Waals surface area contributed by atoms with E-state index in [2.05, 4.69) is 5.32 Å². The normalized spacial score (nSPS) is 12.1. The molecule has 22 heavy (non-hydrogen) atoms. The van der Waals surface area contributed by atoms with Gasteiger partial charge < -0.3 is 18.9 Å². The van der Waals surface area contributed by atoms with Crippen molar-refractivity contribution in [2.75, 3.05) is 13.7 Å². The summed E-state index contributed by atoms with van der Waals surface area (Å²) in [5, 5.41) is 13.2. The van der Waals surface area contributed by atoms with E-state index in [-0.39, 0.29) is 12.4 Å². The van der Waals surface area contributed by atoms with Crippen LogP contribution in [0.5, 0.6) is 0 Å². The highest BCUT2D eigenvalue weighted by Gasteiger charge is 2.22. The average Bonchev–Trinajstić information content (AvgIpc) is 3.16. The number of aryl methyl sites for hydroxylation is 1. The summed E-state index contributed by atoms with van der Waals surface area (Å²) in [6.07, 6.45) is 0.734. The molecule has 0 spiro atoms. The van der Waals surface area contributed by atoms with Crippen LogP contribution in [0, 0.1) is 10.1 Å². The van der Waals surface area contributed by atoms with E-state index in [1.165, 1.54) is 13.2 Å². The van der Waals surface area contributed by atoms with Gasteiger partial charge in [-0.1, -0.05) is 6.92 Å². The molecule has 8 heteroatoms. The number of ether oxygens (including phenoxy) is 1. The molecule has 0 aliphatic heterocycles. The third-order valence-electron chi connectivity index (χ3n) is 3.01. The lowest BCUT2D eigenvalue weighted by molar-refractivity contribution is -0.402. The van der Waals surface area contributed by atoms with Gasteiger partial charge in [0.05, 0.1) is 12.7 Å². The summed E-state index contributed by atoms with van der Waals surface area (Å²) in [5.74, 6) is 0.131. The molecule has 0 saturated heterocycles. The van der Waals surface area contributed by atoms with Crippen LogP contribution in [-0.4, -0.2) is 24.5 Å². The molecule has 1 atom stereocenters. The van der Waals surface area contributed by atoms with Gasteiger partial charge in [0.2, 0.25) is 0 Å². The number of methoxy groups -OCH3 is 1. The fourth-order valence-corrected chi connectivity index (χ4v) is 1.91. The summed E-state index contributed by atoms with van der Waals surface area (Å²) in [4.78, 5) is 21.9. The molecule has 2 heterocycles. The molecule has 2 rings (SSSR count). The molecule has 0 saturated carbocycles. The monoisotopic (exact) mass is 308 g/mol. The number of rotatable bonds is 7. The molecule has 0 aliphatic rings. The summed E-state index contributed by atoms with van der Waals surface area (Å²) in [5.41, 5.74) is 0. The van der Waals surface area contributed by atoms with Crippen LogP contribution < -0.4 is 5.32 Å². The smallest absolute Gasteiger partial charge is 0.433 e. The van der Waals surface area contributed by atoms with E-state index in [1.807, 2.05) is 13.0 Å². The predicted octanol–water partition coefficient (Wildman–Crippen LogP) is 2.46. The van der Waals surface area contributed by atoms with Crippen molar-refractivity contribution in [1.82, 2.24) is 5.32 Å². The van der Waals surface area contributed by atoms with Gasteiger partial charge in [-0.15, -0.1) is 0 Å². The van der Waals surface area contributed by atoms with Crippen LogP contribution in [0.1, 0.15) is 35.0 Å². The van der Waals surface area contributed by atoms with Crippen LogP contribution in [0.15, 0.2) is 33.1 Å². The number of hydrogen-bond acceptors (Lipinski definition) is 6. The van der Waals surface area contributed by atoms with Crippen molar-refractivity contribution in [2.24, 2.45) is 0 Å². The van der Waals surface area contributed by atoms with Crippen molar-refractivity contribution in [1.29, 1.82) is 0 Å². The van der Waals surface area contributed by atoms with E-state index < -0.39 is 22.8 Å². The van der Waals surface area contributed by atoms with Gasteiger partial charge in [0.25, 0.3) is 5.91 Å². The molecular formula is C14H16N2O6. The maximum Gasteiger partial charge on any atom is 0.433 e. The maximum absolute atomic E-state index is 12.1. The van der Waals surface area contributed by atoms with Crippen molar-refractivity contribution >= 4 is 11.8 Å². The Morgan fingerprint density at radius 3 is 2.68 bits per heavy atom. The number of carbonyl (C=O) groups is 1. The minimum atomic E-state index is -0.705. The molecular weight excluding hydrogens is 292 g/mol. The molecule has 0 fully saturated rings. The van der Waals surface area contributed by atoms with Gasteiger partial charge in [-0.3, -0.25) is 14.9 Å². The van der Waals surface area contributed by atoms with Crippen molar-refractivity contribution in [3.05, 3.63) is 51.7 Å². The quantitative estimate of drug-likeness (QED) is 0.621. The first-order valence-electron chi connectivity index (χ1n) is 6.67. The van der Waals surface area contributed by atoms with Crippen molar-refractivity contribution in [2.45, 2.75) is 19.4 Å². The summed E-state index contributed by atoms with van der Waals surface area (Å²) in [6, 6.07) is 5.44. The SMILES string of the molecule is CCc1ccc([C@@H](COC)NC(=O)c2ccc([N+](=O)[O-])o2)o1. The van der Waals surface area contributed by atoms with E-state index in [1.54, 1.807) is 6.07 Å². The lowest BCUT2D eigenvalue weighted by Gasteiger charge is -2.14. The number of amides is 1. The second-order valence-corrected chi connectivity index (χ2v) is 4.53. The number of nitrogens with zero attached hydrogens (tertiary/aromatic N) is 1. The Morgan fingerprint density at radius 1 is 1.36 bits per heavy atom. The third kappa shape index (κ3) is 3.53. The number of nitro groups is 1. The first-order chi connectivity index (χ1) is 10.5. The molecule has 0 bridgehead atoms. The number of carbonyl (C=O) groups excluding carboxylic acids is 1. The van der Waals surface area contributed by atoms with Gasteiger partial charge in [0.15, 0.2) is 5.76 Å². The Labute approximate surface area is 126 Å². The fourth-order valence-electron chi connectivity index (χ4n) is 1.91. The first-order valence-corrected chi connectivity index (χ1v) is 6.67.